The third-order valence-electron chi connectivity index (χ3n) is 7.45. The Morgan fingerprint density at radius 1 is 0.744 bits per heavy atom. The number of amides is 1. The van der Waals surface area contributed by atoms with Crippen LogP contribution in [-0.2, 0) is 13.9 Å². The second kappa shape index (κ2) is 17.7. The minimum Gasteiger partial charge on any atom is -0.325 e. The number of benzene rings is 2. The van der Waals surface area contributed by atoms with Crippen LogP contribution < -0.4 is 10.6 Å². The van der Waals surface area contributed by atoms with Crippen molar-refractivity contribution in [2.45, 2.75) is 130 Å². The topological polar surface area (TPSA) is 55.4 Å². The molecular weight excluding hydrogens is 501 g/mol. The molecular formula is C34H54NO3P. The van der Waals surface area contributed by atoms with Crippen LogP contribution in [-0.4, -0.2) is 18.2 Å². The van der Waals surface area contributed by atoms with Crippen LogP contribution in [0, 0.1) is 0 Å². The van der Waals surface area contributed by atoms with E-state index in [-0.39, 0.29) is 30.0 Å². The molecule has 0 fully saturated rings. The Balaban J connectivity index is 1.99. The molecule has 2 aromatic rings. The van der Waals surface area contributed by atoms with Gasteiger partial charge in [0.2, 0.25) is 13.3 Å². The van der Waals surface area contributed by atoms with Crippen molar-refractivity contribution in [2.24, 2.45) is 0 Å². The van der Waals surface area contributed by atoms with E-state index in [1.165, 1.54) is 57.8 Å². The maximum absolute atomic E-state index is 14.3. The number of para-hydroxylation sites is 1. The van der Waals surface area contributed by atoms with Gasteiger partial charge in [0.15, 0.2) is 0 Å². The van der Waals surface area contributed by atoms with Crippen molar-refractivity contribution in [1.29, 1.82) is 0 Å². The van der Waals surface area contributed by atoms with E-state index < -0.39 is 7.37 Å². The fraction of sp³-hybridized carbons (Fsp3) is 0.618. The molecule has 2 rings (SSSR count). The van der Waals surface area contributed by atoms with Gasteiger partial charge in [-0.2, -0.15) is 0 Å². The molecule has 1 amide bonds. The first-order valence-electron chi connectivity index (χ1n) is 15.4. The highest BCUT2D eigenvalue weighted by molar-refractivity contribution is 7.67. The SMILES string of the molecule is CCCCCCCCCCCCC(C)OP(=O)(CC(=O)Nc1c(C(C)C)cccc1C(C)C)c1ccccc1. The smallest absolute Gasteiger partial charge is 0.241 e. The van der Waals surface area contributed by atoms with Gasteiger partial charge in [0.25, 0.3) is 0 Å². The van der Waals surface area contributed by atoms with E-state index in [1.54, 1.807) is 0 Å². The molecule has 0 aliphatic heterocycles. The van der Waals surface area contributed by atoms with E-state index in [9.17, 15) is 9.36 Å². The van der Waals surface area contributed by atoms with Gasteiger partial charge >= 0.3 is 0 Å². The van der Waals surface area contributed by atoms with Crippen LogP contribution in [0.25, 0.3) is 0 Å². The Labute approximate surface area is 239 Å². The second-order valence-corrected chi connectivity index (χ2v) is 14.1. The zero-order valence-electron chi connectivity index (χ0n) is 25.5. The minimum absolute atomic E-state index is 0.163. The Hall–Kier alpha value is -1.90. The lowest BCUT2D eigenvalue weighted by Crippen LogP contribution is -2.25. The maximum atomic E-state index is 14.3. The van der Waals surface area contributed by atoms with E-state index >= 15 is 0 Å². The molecule has 2 unspecified atom stereocenters. The van der Waals surface area contributed by atoms with Crippen molar-refractivity contribution in [3.8, 4) is 0 Å². The summed E-state index contributed by atoms with van der Waals surface area (Å²) in [5.41, 5.74) is 3.05. The molecule has 0 aromatic heterocycles. The zero-order valence-corrected chi connectivity index (χ0v) is 26.4. The summed E-state index contributed by atoms with van der Waals surface area (Å²) in [6, 6.07) is 15.4. The van der Waals surface area contributed by atoms with Gasteiger partial charge in [-0.15, -0.1) is 0 Å². The van der Waals surface area contributed by atoms with Crippen LogP contribution in [0.3, 0.4) is 0 Å². The summed E-state index contributed by atoms with van der Waals surface area (Å²) in [5.74, 6) is 0.262. The number of rotatable bonds is 19. The van der Waals surface area contributed by atoms with E-state index in [0.717, 1.165) is 29.7 Å². The summed E-state index contributed by atoms with van der Waals surface area (Å²) in [4.78, 5) is 13.4. The van der Waals surface area contributed by atoms with Crippen LogP contribution in [0.5, 0.6) is 0 Å². The third kappa shape index (κ3) is 11.6. The quantitative estimate of drug-likeness (QED) is 0.139. The fourth-order valence-electron chi connectivity index (χ4n) is 5.17. The molecule has 0 saturated carbocycles. The number of carbonyl (C=O) groups excluding carboxylic acids is 1. The van der Waals surface area contributed by atoms with Gasteiger partial charge < -0.3 is 9.84 Å². The highest BCUT2D eigenvalue weighted by Gasteiger charge is 2.32. The van der Waals surface area contributed by atoms with Crippen molar-refractivity contribution in [2.75, 3.05) is 11.5 Å². The average molecular weight is 556 g/mol. The minimum atomic E-state index is -3.39. The number of unbranched alkanes of at least 4 members (excludes halogenated alkanes) is 9. The van der Waals surface area contributed by atoms with Crippen LogP contribution in [0.15, 0.2) is 48.5 Å². The van der Waals surface area contributed by atoms with Gasteiger partial charge in [-0.05, 0) is 48.4 Å². The Bertz CT molecular complexity index is 992. The van der Waals surface area contributed by atoms with E-state index in [1.807, 2.05) is 43.3 Å². The van der Waals surface area contributed by atoms with Gasteiger partial charge in [-0.3, -0.25) is 9.36 Å². The van der Waals surface area contributed by atoms with Gasteiger partial charge in [0.1, 0.15) is 6.16 Å². The van der Waals surface area contributed by atoms with E-state index in [4.69, 9.17) is 4.52 Å². The number of carbonyl (C=O) groups is 1. The fourth-order valence-corrected chi connectivity index (χ4v) is 7.32. The first-order valence-corrected chi connectivity index (χ1v) is 17.2. The molecule has 2 aromatic carbocycles. The van der Waals surface area contributed by atoms with Gasteiger partial charge in [-0.25, -0.2) is 0 Å². The van der Waals surface area contributed by atoms with Crippen molar-refractivity contribution in [3.05, 3.63) is 59.7 Å². The van der Waals surface area contributed by atoms with Crippen LogP contribution >= 0.6 is 7.37 Å². The Morgan fingerprint density at radius 3 is 1.77 bits per heavy atom. The molecule has 5 heteroatoms. The molecule has 0 aliphatic carbocycles. The Kier molecular flexibility index (Phi) is 15.1. The molecule has 2 atom stereocenters. The van der Waals surface area contributed by atoms with Crippen LogP contribution in [0.2, 0.25) is 0 Å². The van der Waals surface area contributed by atoms with Crippen molar-refractivity contribution in [1.82, 2.24) is 0 Å². The normalized spacial score (nSPS) is 13.9. The number of nitrogens with one attached hydrogen (secondary N) is 1. The monoisotopic (exact) mass is 555 g/mol. The Morgan fingerprint density at radius 2 is 1.26 bits per heavy atom. The molecule has 4 nitrogen and oxygen atoms in total. The summed E-state index contributed by atoms with van der Waals surface area (Å²) < 4.78 is 20.5. The molecule has 0 bridgehead atoms. The molecule has 218 valence electrons. The van der Waals surface area contributed by atoms with Crippen molar-refractivity contribution < 1.29 is 13.9 Å². The molecule has 0 radical (unpaired) electrons. The third-order valence-corrected chi connectivity index (χ3v) is 9.94. The summed E-state index contributed by atoms with van der Waals surface area (Å²) >= 11 is 0. The maximum Gasteiger partial charge on any atom is 0.241 e. The summed E-state index contributed by atoms with van der Waals surface area (Å²) in [6.45, 7) is 12.8. The van der Waals surface area contributed by atoms with Crippen LogP contribution in [0.4, 0.5) is 5.69 Å². The number of hydrogen-bond donors (Lipinski definition) is 1. The molecule has 39 heavy (non-hydrogen) atoms. The van der Waals surface area contributed by atoms with Gasteiger partial charge in [0.05, 0.1) is 6.10 Å². The molecule has 0 heterocycles. The van der Waals surface area contributed by atoms with E-state index in [0.29, 0.717) is 5.30 Å². The lowest BCUT2D eigenvalue weighted by Gasteiger charge is -2.24. The highest BCUT2D eigenvalue weighted by atomic mass is 31.2. The molecule has 0 saturated heterocycles. The van der Waals surface area contributed by atoms with E-state index in [2.05, 4.69) is 52.1 Å². The zero-order chi connectivity index (χ0) is 28.7. The van der Waals surface area contributed by atoms with Crippen molar-refractivity contribution in [3.63, 3.8) is 0 Å². The molecule has 0 aliphatic rings. The average Bonchev–Trinajstić information content (AvgIpc) is 2.90. The molecule has 1 N–H and O–H groups in total. The van der Waals surface area contributed by atoms with Crippen molar-refractivity contribution >= 4 is 24.3 Å². The lowest BCUT2D eigenvalue weighted by atomic mass is 9.92. The molecule has 0 spiro atoms. The number of anilines is 1. The first kappa shape index (κ1) is 33.3. The standard InChI is InChI=1S/C34H54NO3P/c1-7-8-9-10-11-12-13-14-15-17-21-29(6)38-39(37,30-22-18-16-19-23-30)26-33(36)35-34-31(27(2)3)24-20-25-32(34)28(4)5/h16,18-20,22-25,27-29H,7-15,17,21,26H2,1-6H3,(H,35,36). The lowest BCUT2D eigenvalue weighted by molar-refractivity contribution is -0.114. The first-order chi connectivity index (χ1) is 18.7. The summed E-state index contributed by atoms with van der Waals surface area (Å²) in [7, 11) is -3.39. The largest absolute Gasteiger partial charge is 0.325 e. The van der Waals surface area contributed by atoms with Crippen LogP contribution in [0.1, 0.15) is 135 Å². The second-order valence-electron chi connectivity index (χ2n) is 11.7. The van der Waals surface area contributed by atoms with Gasteiger partial charge in [-0.1, -0.05) is 135 Å². The predicted octanol–water partition coefficient (Wildman–Crippen LogP) is 10.2. The summed E-state index contributed by atoms with van der Waals surface area (Å²) in [5, 5.41) is 3.74. The predicted molar refractivity (Wildman–Crippen MR) is 169 cm³/mol. The summed E-state index contributed by atoms with van der Waals surface area (Å²) in [6.07, 6.45) is 13.3. The highest BCUT2D eigenvalue weighted by Crippen LogP contribution is 2.47. The van der Waals surface area contributed by atoms with Gasteiger partial charge in [0, 0.05) is 11.0 Å². The number of hydrogen-bond acceptors (Lipinski definition) is 3.